The Morgan fingerprint density at radius 1 is 1.43 bits per heavy atom. The molecule has 0 radical (unpaired) electrons. The molecule has 122 valence electrons. The third-order valence-corrected chi connectivity index (χ3v) is 4.05. The average molecular weight is 315 g/mol. The molecule has 0 heterocycles. The molecule has 0 fully saturated rings. The Morgan fingerprint density at radius 2 is 2.13 bits per heavy atom. The van der Waals surface area contributed by atoms with Gasteiger partial charge in [-0.3, -0.25) is 0 Å². The molecule has 5 nitrogen and oxygen atoms in total. The molecule has 0 atom stereocenters. The summed E-state index contributed by atoms with van der Waals surface area (Å²) in [5.41, 5.74) is 2.01. The van der Waals surface area contributed by atoms with E-state index in [4.69, 9.17) is 9.47 Å². The molecule has 0 unspecified atom stereocenters. The van der Waals surface area contributed by atoms with E-state index in [1.807, 2.05) is 26.8 Å². The Kier molecular flexibility index (Phi) is 4.65. The van der Waals surface area contributed by atoms with Gasteiger partial charge < -0.3 is 14.6 Å². The third-order valence-electron chi connectivity index (χ3n) is 4.05. The molecule has 23 heavy (non-hydrogen) atoms. The Morgan fingerprint density at radius 3 is 2.70 bits per heavy atom. The fourth-order valence-corrected chi connectivity index (χ4v) is 2.90. The summed E-state index contributed by atoms with van der Waals surface area (Å²) in [7, 11) is 1.49. The topological polar surface area (TPSA) is 79.6 Å². The van der Waals surface area contributed by atoms with Crippen LogP contribution in [-0.4, -0.2) is 24.8 Å². The fourth-order valence-electron chi connectivity index (χ4n) is 2.90. The summed E-state index contributed by atoms with van der Waals surface area (Å²) in [5, 5.41) is 19.5. The van der Waals surface area contributed by atoms with Crippen molar-refractivity contribution in [3.63, 3.8) is 0 Å². The first kappa shape index (κ1) is 16.9. The molecule has 5 heteroatoms. The molecule has 2 rings (SSSR count). The Balaban J connectivity index is 2.60. The van der Waals surface area contributed by atoms with E-state index in [2.05, 4.69) is 0 Å². The summed E-state index contributed by atoms with van der Waals surface area (Å²) in [5.74, 6) is -0.242. The lowest BCUT2D eigenvalue weighted by Gasteiger charge is -2.19. The zero-order valence-electron chi connectivity index (χ0n) is 13.9. The molecule has 1 N–H and O–H groups in total. The number of phenolic OH excluding ortho intramolecular Hbond substituents is 1. The molecule has 0 saturated heterocycles. The number of carbonyl (C=O) groups excluding carboxylic acids is 1. The maximum Gasteiger partial charge on any atom is 0.349 e. The van der Waals surface area contributed by atoms with Gasteiger partial charge in [-0.25, -0.2) is 4.79 Å². The number of esters is 1. The standard InChI is InChI=1S/C18H21NO4/c1-5-6-23-17(21)13(10-19)12-9-18(2,3)14-8-16(22-4)15(20)7-11(12)14/h7-8,20H,5-6,9H2,1-4H3/b13-12+. The van der Waals surface area contributed by atoms with Crippen LogP contribution in [0.25, 0.3) is 5.57 Å². The van der Waals surface area contributed by atoms with Crippen molar-refractivity contribution in [2.75, 3.05) is 13.7 Å². The first-order chi connectivity index (χ1) is 10.9. The maximum atomic E-state index is 12.2. The zero-order valence-corrected chi connectivity index (χ0v) is 13.9. The summed E-state index contributed by atoms with van der Waals surface area (Å²) in [6, 6.07) is 5.30. The zero-order chi connectivity index (χ0) is 17.2. The van der Waals surface area contributed by atoms with E-state index < -0.39 is 5.97 Å². The van der Waals surface area contributed by atoms with Crippen molar-refractivity contribution in [1.29, 1.82) is 5.26 Å². The first-order valence-corrected chi connectivity index (χ1v) is 7.58. The largest absolute Gasteiger partial charge is 0.504 e. The lowest BCUT2D eigenvalue weighted by molar-refractivity contribution is -0.138. The third kappa shape index (κ3) is 3.02. The van der Waals surface area contributed by atoms with Gasteiger partial charge in [-0.2, -0.15) is 5.26 Å². The van der Waals surface area contributed by atoms with E-state index in [1.54, 1.807) is 12.1 Å². The van der Waals surface area contributed by atoms with Gasteiger partial charge >= 0.3 is 5.97 Å². The van der Waals surface area contributed by atoms with E-state index in [1.165, 1.54) is 7.11 Å². The molecule has 0 aromatic heterocycles. The van der Waals surface area contributed by atoms with Gasteiger partial charge in [0.1, 0.15) is 11.6 Å². The molecular formula is C18H21NO4. The van der Waals surface area contributed by atoms with Crippen molar-refractivity contribution in [3.05, 3.63) is 28.8 Å². The van der Waals surface area contributed by atoms with Gasteiger partial charge in [0.15, 0.2) is 11.5 Å². The highest BCUT2D eigenvalue weighted by Gasteiger charge is 2.37. The molecule has 0 aliphatic heterocycles. The summed E-state index contributed by atoms with van der Waals surface area (Å²) in [4.78, 5) is 12.2. The van der Waals surface area contributed by atoms with E-state index >= 15 is 0 Å². The second-order valence-corrected chi connectivity index (χ2v) is 6.23. The fraction of sp³-hybridized carbons (Fsp3) is 0.444. The predicted octanol–water partition coefficient (Wildman–Crippen LogP) is 3.31. The Hall–Kier alpha value is -2.48. The van der Waals surface area contributed by atoms with Gasteiger partial charge in [-0.05, 0) is 47.1 Å². The lowest BCUT2D eigenvalue weighted by Crippen LogP contribution is -2.12. The van der Waals surface area contributed by atoms with E-state index in [0.29, 0.717) is 29.7 Å². The van der Waals surface area contributed by atoms with Crippen LogP contribution in [0.4, 0.5) is 0 Å². The number of hydrogen-bond donors (Lipinski definition) is 1. The second kappa shape index (κ2) is 6.33. The van der Waals surface area contributed by atoms with Gasteiger partial charge in [-0.1, -0.05) is 20.8 Å². The highest BCUT2D eigenvalue weighted by atomic mass is 16.5. The minimum Gasteiger partial charge on any atom is -0.504 e. The summed E-state index contributed by atoms with van der Waals surface area (Å²) < 4.78 is 10.3. The number of phenols is 1. The minimum atomic E-state index is -0.608. The molecule has 1 aliphatic carbocycles. The average Bonchev–Trinajstić information content (AvgIpc) is 2.76. The van der Waals surface area contributed by atoms with Crippen LogP contribution in [0, 0.1) is 11.3 Å². The molecule has 0 spiro atoms. The monoisotopic (exact) mass is 315 g/mol. The summed E-state index contributed by atoms with van der Waals surface area (Å²) in [6.07, 6.45) is 1.22. The predicted molar refractivity (Wildman–Crippen MR) is 86.1 cm³/mol. The molecular weight excluding hydrogens is 294 g/mol. The van der Waals surface area contributed by atoms with Crippen LogP contribution < -0.4 is 4.74 Å². The van der Waals surface area contributed by atoms with Gasteiger partial charge in [-0.15, -0.1) is 0 Å². The molecule has 1 aromatic carbocycles. The van der Waals surface area contributed by atoms with Crippen molar-refractivity contribution in [3.8, 4) is 17.6 Å². The highest BCUT2D eigenvalue weighted by molar-refractivity contribution is 6.03. The number of fused-ring (bicyclic) bond motifs is 1. The number of nitrogens with zero attached hydrogens (tertiary/aromatic N) is 1. The van der Waals surface area contributed by atoms with Gasteiger partial charge in [0.05, 0.1) is 13.7 Å². The number of benzene rings is 1. The number of rotatable bonds is 4. The smallest absolute Gasteiger partial charge is 0.349 e. The molecule has 0 saturated carbocycles. The van der Waals surface area contributed by atoms with Crippen molar-refractivity contribution < 1.29 is 19.4 Å². The molecule has 1 aliphatic rings. The first-order valence-electron chi connectivity index (χ1n) is 7.58. The number of allylic oxidation sites excluding steroid dienone is 1. The van der Waals surface area contributed by atoms with Crippen LogP contribution in [0.5, 0.6) is 11.5 Å². The van der Waals surface area contributed by atoms with Gasteiger partial charge in [0.25, 0.3) is 0 Å². The van der Waals surface area contributed by atoms with Gasteiger partial charge in [0.2, 0.25) is 0 Å². The summed E-state index contributed by atoms with van der Waals surface area (Å²) >= 11 is 0. The number of aromatic hydroxyl groups is 1. The number of carbonyl (C=O) groups is 1. The van der Waals surface area contributed by atoms with Gasteiger partial charge in [0, 0.05) is 0 Å². The van der Waals surface area contributed by atoms with Crippen molar-refractivity contribution in [1.82, 2.24) is 0 Å². The van der Waals surface area contributed by atoms with Crippen LogP contribution in [0.1, 0.15) is 44.7 Å². The molecule has 1 aromatic rings. The quantitative estimate of drug-likeness (QED) is 0.524. The number of ether oxygens (including phenoxy) is 2. The van der Waals surface area contributed by atoms with Crippen molar-refractivity contribution in [2.24, 2.45) is 0 Å². The van der Waals surface area contributed by atoms with Crippen molar-refractivity contribution >= 4 is 11.5 Å². The number of hydrogen-bond acceptors (Lipinski definition) is 5. The SMILES string of the molecule is CCCOC(=O)/C(C#N)=C1\CC(C)(C)c2cc(OC)c(O)cc21. The van der Waals surface area contributed by atoms with Crippen LogP contribution >= 0.6 is 0 Å². The molecule has 0 bridgehead atoms. The number of nitriles is 1. The van der Waals surface area contributed by atoms with Crippen molar-refractivity contribution in [2.45, 2.75) is 39.0 Å². The maximum absolute atomic E-state index is 12.2. The van der Waals surface area contributed by atoms with Crippen LogP contribution in [0.3, 0.4) is 0 Å². The Labute approximate surface area is 136 Å². The van der Waals surface area contributed by atoms with Crippen LogP contribution in [0.15, 0.2) is 17.7 Å². The van der Waals surface area contributed by atoms with Crippen LogP contribution in [-0.2, 0) is 14.9 Å². The summed E-state index contributed by atoms with van der Waals surface area (Å²) in [6.45, 7) is 6.23. The Bertz CT molecular complexity index is 710. The normalized spacial score (nSPS) is 17.2. The number of methoxy groups -OCH3 is 1. The van der Waals surface area contributed by atoms with E-state index in [0.717, 1.165) is 5.56 Å². The minimum absolute atomic E-state index is 0.00911. The van der Waals surface area contributed by atoms with E-state index in [9.17, 15) is 15.2 Å². The lowest BCUT2D eigenvalue weighted by atomic mass is 9.86. The second-order valence-electron chi connectivity index (χ2n) is 6.23. The highest BCUT2D eigenvalue weighted by Crippen LogP contribution is 2.49. The van der Waals surface area contributed by atoms with Crippen LogP contribution in [0.2, 0.25) is 0 Å². The van der Waals surface area contributed by atoms with E-state index in [-0.39, 0.29) is 23.3 Å². The molecule has 0 amide bonds.